The van der Waals surface area contributed by atoms with Crippen LogP contribution in [0.1, 0.15) is 13.8 Å². The number of hydrogen-bond acceptors (Lipinski definition) is 3. The molecule has 0 saturated heterocycles. The van der Waals surface area contributed by atoms with Gasteiger partial charge in [0, 0.05) is 13.2 Å². The van der Waals surface area contributed by atoms with E-state index in [1.54, 1.807) is 7.11 Å². The fourth-order valence-corrected chi connectivity index (χ4v) is 1.74. The highest BCUT2D eigenvalue weighted by Gasteiger charge is 2.03. The molecule has 1 N–H and O–H groups in total. The monoisotopic (exact) mass is 191 g/mol. The Bertz CT molecular complexity index is 88.5. The molecule has 0 aromatic heterocycles. The molecule has 2 nitrogen and oxygen atoms in total. The molecule has 0 radical (unpaired) electrons. The third-order valence-corrected chi connectivity index (χ3v) is 2.58. The molecule has 0 aliphatic carbocycles. The van der Waals surface area contributed by atoms with E-state index >= 15 is 0 Å². The van der Waals surface area contributed by atoms with Crippen molar-refractivity contribution < 1.29 is 4.74 Å². The molecule has 0 amide bonds. The molecule has 3 heteroatoms. The SMILES string of the molecule is COCC(C)NCC(C)CSC. The highest BCUT2D eigenvalue weighted by atomic mass is 32.2. The van der Waals surface area contributed by atoms with Crippen LogP contribution < -0.4 is 5.32 Å². The quantitative estimate of drug-likeness (QED) is 0.660. The number of hydrogen-bond donors (Lipinski definition) is 1. The Kier molecular flexibility index (Phi) is 8.07. The lowest BCUT2D eigenvalue weighted by atomic mass is 10.2. The van der Waals surface area contributed by atoms with Crippen molar-refractivity contribution in [2.24, 2.45) is 5.92 Å². The zero-order chi connectivity index (χ0) is 9.40. The third kappa shape index (κ3) is 6.95. The Balaban J connectivity index is 3.27. The summed E-state index contributed by atoms with van der Waals surface area (Å²) in [5.41, 5.74) is 0. The van der Waals surface area contributed by atoms with E-state index in [1.807, 2.05) is 11.8 Å². The molecule has 12 heavy (non-hydrogen) atoms. The first-order valence-corrected chi connectivity index (χ1v) is 5.81. The first-order valence-electron chi connectivity index (χ1n) is 4.42. The largest absolute Gasteiger partial charge is 0.383 e. The predicted octanol–water partition coefficient (Wildman–Crippen LogP) is 1.61. The maximum absolute atomic E-state index is 5.03. The molecule has 0 rings (SSSR count). The summed E-state index contributed by atoms with van der Waals surface area (Å²) in [5, 5.41) is 3.43. The third-order valence-electron chi connectivity index (χ3n) is 1.68. The van der Waals surface area contributed by atoms with Crippen molar-refractivity contribution in [3.05, 3.63) is 0 Å². The zero-order valence-corrected chi connectivity index (χ0v) is 9.41. The van der Waals surface area contributed by atoms with Crippen LogP contribution in [0.25, 0.3) is 0 Å². The minimum absolute atomic E-state index is 0.472. The van der Waals surface area contributed by atoms with Crippen molar-refractivity contribution in [2.45, 2.75) is 19.9 Å². The van der Waals surface area contributed by atoms with Crippen molar-refractivity contribution in [1.29, 1.82) is 0 Å². The lowest BCUT2D eigenvalue weighted by Crippen LogP contribution is -2.34. The van der Waals surface area contributed by atoms with Gasteiger partial charge in [0.15, 0.2) is 0 Å². The lowest BCUT2D eigenvalue weighted by Gasteiger charge is -2.16. The van der Waals surface area contributed by atoms with Gasteiger partial charge in [0.1, 0.15) is 0 Å². The molecule has 0 spiro atoms. The first kappa shape index (κ1) is 12.3. The maximum Gasteiger partial charge on any atom is 0.0613 e. The topological polar surface area (TPSA) is 21.3 Å². The van der Waals surface area contributed by atoms with Gasteiger partial charge >= 0.3 is 0 Å². The van der Waals surface area contributed by atoms with Crippen molar-refractivity contribution >= 4 is 11.8 Å². The average Bonchev–Trinajstić information content (AvgIpc) is 2.02. The zero-order valence-electron chi connectivity index (χ0n) is 8.59. The number of ether oxygens (including phenoxy) is 1. The van der Waals surface area contributed by atoms with Crippen molar-refractivity contribution in [2.75, 3.05) is 32.3 Å². The van der Waals surface area contributed by atoms with E-state index in [0.29, 0.717) is 6.04 Å². The minimum Gasteiger partial charge on any atom is -0.383 e. The van der Waals surface area contributed by atoms with Crippen LogP contribution in [0.4, 0.5) is 0 Å². The molecule has 0 aliphatic heterocycles. The Morgan fingerprint density at radius 1 is 1.42 bits per heavy atom. The van der Waals surface area contributed by atoms with Crippen LogP contribution in [-0.2, 0) is 4.74 Å². The van der Waals surface area contributed by atoms with E-state index in [9.17, 15) is 0 Å². The molecular weight excluding hydrogens is 170 g/mol. The van der Waals surface area contributed by atoms with Crippen LogP contribution in [0.5, 0.6) is 0 Å². The molecule has 0 aliphatic rings. The van der Waals surface area contributed by atoms with Gasteiger partial charge in [-0.3, -0.25) is 0 Å². The van der Waals surface area contributed by atoms with E-state index < -0.39 is 0 Å². The molecule has 0 bridgehead atoms. The molecule has 0 heterocycles. The Labute approximate surface area is 80.4 Å². The normalized spacial score (nSPS) is 16.0. The Hall–Kier alpha value is 0.270. The maximum atomic E-state index is 5.03. The summed E-state index contributed by atoms with van der Waals surface area (Å²) in [6, 6.07) is 0.472. The highest BCUT2D eigenvalue weighted by molar-refractivity contribution is 7.98. The smallest absolute Gasteiger partial charge is 0.0613 e. The number of methoxy groups -OCH3 is 1. The molecule has 2 atom stereocenters. The van der Waals surface area contributed by atoms with Gasteiger partial charge in [-0.15, -0.1) is 0 Å². The standard InChI is InChI=1S/C9H21NOS/c1-8(7-12-4)5-10-9(2)6-11-3/h8-10H,5-7H2,1-4H3. The van der Waals surface area contributed by atoms with Crippen molar-refractivity contribution in [3.63, 3.8) is 0 Å². The van der Waals surface area contributed by atoms with Gasteiger partial charge in [0.2, 0.25) is 0 Å². The summed E-state index contributed by atoms with van der Waals surface area (Å²) in [4.78, 5) is 0. The molecular formula is C9H21NOS. The van der Waals surface area contributed by atoms with Gasteiger partial charge in [-0.1, -0.05) is 6.92 Å². The molecule has 0 fully saturated rings. The van der Waals surface area contributed by atoms with E-state index in [2.05, 4.69) is 25.4 Å². The Morgan fingerprint density at radius 3 is 2.58 bits per heavy atom. The van der Waals surface area contributed by atoms with Crippen molar-refractivity contribution in [3.8, 4) is 0 Å². The fraction of sp³-hybridized carbons (Fsp3) is 1.00. The van der Waals surface area contributed by atoms with Gasteiger partial charge in [0.05, 0.1) is 6.61 Å². The van der Waals surface area contributed by atoms with E-state index in [0.717, 1.165) is 19.1 Å². The summed E-state index contributed by atoms with van der Waals surface area (Å²) in [7, 11) is 1.74. The van der Waals surface area contributed by atoms with Crippen LogP contribution in [0.3, 0.4) is 0 Å². The fourth-order valence-electron chi connectivity index (χ4n) is 1.05. The molecule has 74 valence electrons. The number of nitrogens with one attached hydrogen (secondary N) is 1. The van der Waals surface area contributed by atoms with E-state index in [1.165, 1.54) is 5.75 Å². The minimum atomic E-state index is 0.472. The molecule has 0 aromatic carbocycles. The molecule has 2 unspecified atom stereocenters. The van der Waals surface area contributed by atoms with Gasteiger partial charge in [-0.25, -0.2) is 0 Å². The summed E-state index contributed by atoms with van der Waals surface area (Å²) < 4.78 is 5.03. The van der Waals surface area contributed by atoms with Crippen LogP contribution in [0, 0.1) is 5.92 Å². The van der Waals surface area contributed by atoms with Crippen LogP contribution in [0.2, 0.25) is 0 Å². The van der Waals surface area contributed by atoms with Gasteiger partial charge < -0.3 is 10.1 Å². The second kappa shape index (κ2) is 7.90. The second-order valence-electron chi connectivity index (χ2n) is 3.33. The molecule has 0 aromatic rings. The summed E-state index contributed by atoms with van der Waals surface area (Å²) in [5.74, 6) is 1.98. The van der Waals surface area contributed by atoms with Crippen LogP contribution in [0.15, 0.2) is 0 Å². The van der Waals surface area contributed by atoms with Crippen LogP contribution in [-0.4, -0.2) is 38.3 Å². The predicted molar refractivity (Wildman–Crippen MR) is 56.9 cm³/mol. The van der Waals surface area contributed by atoms with Crippen LogP contribution >= 0.6 is 11.8 Å². The highest BCUT2D eigenvalue weighted by Crippen LogP contribution is 2.02. The van der Waals surface area contributed by atoms with Gasteiger partial charge in [0.25, 0.3) is 0 Å². The van der Waals surface area contributed by atoms with Gasteiger partial charge in [-0.05, 0) is 31.4 Å². The molecule has 0 saturated carbocycles. The summed E-state index contributed by atoms with van der Waals surface area (Å²) in [6.07, 6.45) is 2.15. The number of thioether (sulfide) groups is 1. The summed E-state index contributed by atoms with van der Waals surface area (Å²) >= 11 is 1.90. The summed E-state index contributed by atoms with van der Waals surface area (Å²) in [6.45, 7) is 6.30. The lowest BCUT2D eigenvalue weighted by molar-refractivity contribution is 0.171. The number of rotatable bonds is 7. The van der Waals surface area contributed by atoms with Gasteiger partial charge in [-0.2, -0.15) is 11.8 Å². The van der Waals surface area contributed by atoms with E-state index in [4.69, 9.17) is 4.74 Å². The Morgan fingerprint density at radius 2 is 2.08 bits per heavy atom. The second-order valence-corrected chi connectivity index (χ2v) is 4.24. The van der Waals surface area contributed by atoms with E-state index in [-0.39, 0.29) is 0 Å². The average molecular weight is 191 g/mol. The van der Waals surface area contributed by atoms with Crippen molar-refractivity contribution in [1.82, 2.24) is 5.32 Å². The first-order chi connectivity index (χ1) is 5.70.